The van der Waals surface area contributed by atoms with Gasteiger partial charge in [-0.1, -0.05) is 11.6 Å². The number of hydrogen-bond donors (Lipinski definition) is 2. The van der Waals surface area contributed by atoms with Crippen molar-refractivity contribution in [3.8, 4) is 5.75 Å². The number of amides is 1. The summed E-state index contributed by atoms with van der Waals surface area (Å²) in [6.07, 6.45) is 1.22. The highest BCUT2D eigenvalue weighted by atomic mass is 79.9. The Kier molecular flexibility index (Phi) is 5.48. The van der Waals surface area contributed by atoms with Gasteiger partial charge in [0, 0.05) is 24.8 Å². The van der Waals surface area contributed by atoms with Crippen LogP contribution in [-0.2, 0) is 9.53 Å². The number of nitrogens with one attached hydrogen (secondary N) is 1. The molecule has 116 valence electrons. The van der Waals surface area contributed by atoms with E-state index in [1.165, 1.54) is 7.11 Å². The van der Waals surface area contributed by atoms with Crippen molar-refractivity contribution in [3.63, 3.8) is 0 Å². The van der Waals surface area contributed by atoms with Crippen LogP contribution in [0.25, 0.3) is 0 Å². The minimum Gasteiger partial charge on any atom is -0.493 e. The zero-order valence-electron chi connectivity index (χ0n) is 11.7. The maximum absolute atomic E-state index is 12.7. The summed E-state index contributed by atoms with van der Waals surface area (Å²) in [7, 11) is 1.54. The molecule has 3 N–H and O–H groups in total. The molecule has 5 nitrogen and oxygen atoms in total. The molecule has 0 bridgehead atoms. The fourth-order valence-corrected chi connectivity index (χ4v) is 3.37. The lowest BCUT2D eigenvalue weighted by Crippen LogP contribution is -2.46. The Morgan fingerprint density at radius 3 is 2.76 bits per heavy atom. The molecule has 1 heterocycles. The third-order valence-corrected chi connectivity index (χ3v) is 4.59. The van der Waals surface area contributed by atoms with Gasteiger partial charge in [-0.15, -0.1) is 0 Å². The fourth-order valence-electron chi connectivity index (χ4n) is 2.40. The average Bonchev–Trinajstić information content (AvgIpc) is 2.47. The first-order valence-corrected chi connectivity index (χ1v) is 7.82. The first kappa shape index (κ1) is 16.5. The van der Waals surface area contributed by atoms with E-state index in [9.17, 15) is 4.79 Å². The number of halogens is 2. The van der Waals surface area contributed by atoms with Crippen molar-refractivity contribution in [2.75, 3.05) is 32.2 Å². The number of rotatable bonds is 4. The first-order chi connectivity index (χ1) is 10.0. The number of benzene rings is 1. The van der Waals surface area contributed by atoms with Crippen molar-refractivity contribution in [1.29, 1.82) is 0 Å². The van der Waals surface area contributed by atoms with Gasteiger partial charge in [-0.05, 0) is 40.9 Å². The molecular weight excluding hydrogens is 360 g/mol. The van der Waals surface area contributed by atoms with Crippen molar-refractivity contribution in [1.82, 2.24) is 0 Å². The SMILES string of the molecule is COc1c(Br)cc(Cl)cc1NC(=O)C1(CN)CCOCC1. The van der Waals surface area contributed by atoms with Gasteiger partial charge in [0.05, 0.1) is 22.7 Å². The molecule has 1 saturated heterocycles. The quantitative estimate of drug-likeness (QED) is 0.846. The standard InChI is InChI=1S/C14H18BrClN2O3/c1-20-12-10(15)6-9(16)7-11(12)18-13(19)14(8-17)2-4-21-5-3-14/h6-7H,2-5,8,17H2,1H3,(H,18,19). The summed E-state index contributed by atoms with van der Waals surface area (Å²) in [4.78, 5) is 12.7. The maximum atomic E-state index is 12.7. The normalized spacial score (nSPS) is 17.3. The zero-order chi connectivity index (χ0) is 15.5. The third-order valence-electron chi connectivity index (χ3n) is 3.78. The highest BCUT2D eigenvalue weighted by molar-refractivity contribution is 9.10. The van der Waals surface area contributed by atoms with Crippen molar-refractivity contribution < 1.29 is 14.3 Å². The Balaban J connectivity index is 2.26. The van der Waals surface area contributed by atoms with E-state index in [0.29, 0.717) is 47.0 Å². The van der Waals surface area contributed by atoms with Crippen LogP contribution >= 0.6 is 27.5 Å². The van der Waals surface area contributed by atoms with Crippen LogP contribution in [0.3, 0.4) is 0 Å². The Bertz CT molecular complexity index is 533. The van der Waals surface area contributed by atoms with Gasteiger partial charge in [-0.25, -0.2) is 0 Å². The van der Waals surface area contributed by atoms with Gasteiger partial charge in [-0.3, -0.25) is 4.79 Å². The van der Waals surface area contributed by atoms with E-state index >= 15 is 0 Å². The van der Waals surface area contributed by atoms with Crippen LogP contribution in [0.2, 0.25) is 5.02 Å². The second-order valence-electron chi connectivity index (χ2n) is 5.02. The minimum atomic E-state index is -0.599. The molecule has 1 aromatic rings. The Morgan fingerprint density at radius 2 is 2.19 bits per heavy atom. The van der Waals surface area contributed by atoms with Crippen LogP contribution in [0.5, 0.6) is 5.75 Å². The number of methoxy groups -OCH3 is 1. The largest absolute Gasteiger partial charge is 0.493 e. The lowest BCUT2D eigenvalue weighted by molar-refractivity contribution is -0.130. The highest BCUT2D eigenvalue weighted by Crippen LogP contribution is 2.38. The van der Waals surface area contributed by atoms with E-state index in [4.69, 9.17) is 26.8 Å². The molecule has 1 aliphatic heterocycles. The topological polar surface area (TPSA) is 73.6 Å². The Labute approximate surface area is 137 Å². The summed E-state index contributed by atoms with van der Waals surface area (Å²) in [5, 5.41) is 3.40. The monoisotopic (exact) mass is 376 g/mol. The van der Waals surface area contributed by atoms with E-state index in [1.54, 1.807) is 12.1 Å². The van der Waals surface area contributed by atoms with Crippen LogP contribution in [-0.4, -0.2) is 32.8 Å². The number of carbonyl (C=O) groups excluding carboxylic acids is 1. The average molecular weight is 378 g/mol. The van der Waals surface area contributed by atoms with Crippen LogP contribution in [0.1, 0.15) is 12.8 Å². The number of anilines is 1. The molecule has 0 aromatic heterocycles. The van der Waals surface area contributed by atoms with Gasteiger partial charge in [0.25, 0.3) is 0 Å². The number of ether oxygens (including phenoxy) is 2. The van der Waals surface area contributed by atoms with Gasteiger partial charge in [-0.2, -0.15) is 0 Å². The van der Waals surface area contributed by atoms with Crippen LogP contribution in [0.4, 0.5) is 5.69 Å². The summed E-state index contributed by atoms with van der Waals surface area (Å²) in [5.74, 6) is 0.410. The summed E-state index contributed by atoms with van der Waals surface area (Å²) in [6.45, 7) is 1.37. The van der Waals surface area contributed by atoms with Crippen molar-refractivity contribution >= 4 is 39.1 Å². The lowest BCUT2D eigenvalue weighted by Gasteiger charge is -2.34. The Morgan fingerprint density at radius 1 is 1.52 bits per heavy atom. The summed E-state index contributed by atoms with van der Waals surface area (Å²) >= 11 is 9.40. The molecule has 0 spiro atoms. The number of nitrogens with two attached hydrogens (primary N) is 1. The number of carbonyl (C=O) groups is 1. The van der Waals surface area contributed by atoms with Gasteiger partial charge in [0.1, 0.15) is 0 Å². The minimum absolute atomic E-state index is 0.124. The smallest absolute Gasteiger partial charge is 0.232 e. The predicted octanol–water partition coefficient (Wildman–Crippen LogP) is 2.81. The Hall–Kier alpha value is -0.820. The van der Waals surface area contributed by atoms with Crippen LogP contribution in [0, 0.1) is 5.41 Å². The summed E-state index contributed by atoms with van der Waals surface area (Å²) in [5.41, 5.74) is 5.77. The molecule has 1 aromatic carbocycles. The molecule has 1 aliphatic rings. The molecule has 0 atom stereocenters. The maximum Gasteiger partial charge on any atom is 0.232 e. The van der Waals surface area contributed by atoms with Gasteiger partial charge >= 0.3 is 0 Å². The predicted molar refractivity (Wildman–Crippen MR) is 85.9 cm³/mol. The van der Waals surface area contributed by atoms with Gasteiger partial charge < -0.3 is 20.5 Å². The van der Waals surface area contributed by atoms with Crippen molar-refractivity contribution in [2.45, 2.75) is 12.8 Å². The van der Waals surface area contributed by atoms with E-state index in [0.717, 1.165) is 0 Å². The molecule has 0 aliphatic carbocycles. The second kappa shape index (κ2) is 6.96. The molecule has 0 unspecified atom stereocenters. The molecule has 21 heavy (non-hydrogen) atoms. The van der Waals surface area contributed by atoms with E-state index in [2.05, 4.69) is 21.2 Å². The molecule has 2 rings (SSSR count). The van der Waals surface area contributed by atoms with Crippen molar-refractivity contribution in [2.24, 2.45) is 11.1 Å². The van der Waals surface area contributed by atoms with Crippen LogP contribution in [0.15, 0.2) is 16.6 Å². The third kappa shape index (κ3) is 3.51. The van der Waals surface area contributed by atoms with Crippen molar-refractivity contribution in [3.05, 3.63) is 21.6 Å². The van der Waals surface area contributed by atoms with Gasteiger partial charge in [0.2, 0.25) is 5.91 Å². The van der Waals surface area contributed by atoms with Gasteiger partial charge in [0.15, 0.2) is 5.75 Å². The van der Waals surface area contributed by atoms with E-state index in [-0.39, 0.29) is 12.5 Å². The zero-order valence-corrected chi connectivity index (χ0v) is 14.1. The summed E-state index contributed by atoms with van der Waals surface area (Å²) in [6, 6.07) is 3.37. The fraction of sp³-hybridized carbons (Fsp3) is 0.500. The molecule has 0 saturated carbocycles. The number of hydrogen-bond acceptors (Lipinski definition) is 4. The molecule has 7 heteroatoms. The van der Waals surface area contributed by atoms with E-state index < -0.39 is 5.41 Å². The first-order valence-electron chi connectivity index (χ1n) is 6.65. The lowest BCUT2D eigenvalue weighted by atomic mass is 9.79. The molecular formula is C14H18BrClN2O3. The second-order valence-corrected chi connectivity index (χ2v) is 6.31. The van der Waals surface area contributed by atoms with Crippen LogP contribution < -0.4 is 15.8 Å². The molecule has 1 fully saturated rings. The molecule has 0 radical (unpaired) electrons. The van der Waals surface area contributed by atoms with E-state index in [1.807, 2.05) is 0 Å². The molecule has 1 amide bonds. The highest BCUT2D eigenvalue weighted by Gasteiger charge is 2.39. The summed E-state index contributed by atoms with van der Waals surface area (Å²) < 4.78 is 11.3.